The summed E-state index contributed by atoms with van der Waals surface area (Å²) in [6.45, 7) is 5.94. The number of hydrogen-bond donors (Lipinski definition) is 1. The van der Waals surface area contributed by atoms with E-state index >= 15 is 0 Å². The first kappa shape index (κ1) is 11.7. The summed E-state index contributed by atoms with van der Waals surface area (Å²) >= 11 is 0. The van der Waals surface area contributed by atoms with Crippen LogP contribution >= 0.6 is 0 Å². The third-order valence-corrected chi connectivity index (χ3v) is 2.89. The molecule has 1 atom stereocenters. The summed E-state index contributed by atoms with van der Waals surface area (Å²) in [5, 5.41) is 0. The molecule has 17 heavy (non-hydrogen) atoms. The highest BCUT2D eigenvalue weighted by Gasteiger charge is 2.12. The first-order valence-corrected chi connectivity index (χ1v) is 5.70. The molecule has 0 saturated carbocycles. The van der Waals surface area contributed by atoms with Gasteiger partial charge in [0.2, 0.25) is 0 Å². The van der Waals surface area contributed by atoms with Crippen LogP contribution in [0.25, 0.3) is 0 Å². The molecule has 0 aliphatic heterocycles. The smallest absolute Gasteiger partial charge is 0.0584 e. The van der Waals surface area contributed by atoms with Crippen LogP contribution in [0.5, 0.6) is 0 Å². The summed E-state index contributed by atoms with van der Waals surface area (Å²) in [6, 6.07) is 7.88. The molecule has 3 nitrogen and oxygen atoms in total. The van der Waals surface area contributed by atoms with E-state index in [1.54, 1.807) is 0 Å². The zero-order valence-electron chi connectivity index (χ0n) is 10.4. The summed E-state index contributed by atoms with van der Waals surface area (Å²) in [4.78, 5) is 8.71. The average Bonchev–Trinajstić information content (AvgIpc) is 2.29. The molecular formula is C14H17N3. The molecule has 1 unspecified atom stereocenters. The lowest BCUT2D eigenvalue weighted by atomic mass is 9.99. The van der Waals surface area contributed by atoms with Gasteiger partial charge < -0.3 is 5.73 Å². The second-order valence-corrected chi connectivity index (χ2v) is 4.34. The van der Waals surface area contributed by atoms with Crippen molar-refractivity contribution in [3.8, 4) is 0 Å². The van der Waals surface area contributed by atoms with Gasteiger partial charge in [-0.05, 0) is 44.0 Å². The average molecular weight is 227 g/mol. The molecule has 3 heteroatoms. The van der Waals surface area contributed by atoms with Gasteiger partial charge in [-0.15, -0.1) is 0 Å². The van der Waals surface area contributed by atoms with Crippen molar-refractivity contribution >= 4 is 0 Å². The Morgan fingerprint density at radius 1 is 1.00 bits per heavy atom. The number of nitrogens with two attached hydrogens (primary N) is 1. The number of nitrogens with zero attached hydrogens (tertiary/aromatic N) is 2. The van der Waals surface area contributed by atoms with E-state index in [0.717, 1.165) is 28.2 Å². The zero-order chi connectivity index (χ0) is 12.4. The van der Waals surface area contributed by atoms with E-state index in [-0.39, 0.29) is 6.04 Å². The molecule has 0 radical (unpaired) electrons. The van der Waals surface area contributed by atoms with Crippen LogP contribution in [0.15, 0.2) is 30.5 Å². The quantitative estimate of drug-likeness (QED) is 0.857. The van der Waals surface area contributed by atoms with Crippen molar-refractivity contribution in [3.05, 3.63) is 58.7 Å². The summed E-state index contributed by atoms with van der Waals surface area (Å²) in [5.74, 6) is 0. The van der Waals surface area contributed by atoms with Crippen LogP contribution in [0.3, 0.4) is 0 Å². The van der Waals surface area contributed by atoms with Gasteiger partial charge in [0.1, 0.15) is 0 Å². The van der Waals surface area contributed by atoms with Gasteiger partial charge in [0.15, 0.2) is 0 Å². The van der Waals surface area contributed by atoms with Crippen molar-refractivity contribution in [3.63, 3.8) is 0 Å². The van der Waals surface area contributed by atoms with Gasteiger partial charge in [-0.25, -0.2) is 0 Å². The fraction of sp³-hybridized carbons (Fsp3) is 0.286. The van der Waals surface area contributed by atoms with Crippen molar-refractivity contribution in [2.75, 3.05) is 0 Å². The Labute approximate surface area is 102 Å². The lowest BCUT2D eigenvalue weighted by Crippen LogP contribution is -2.14. The van der Waals surface area contributed by atoms with Gasteiger partial charge in [-0.2, -0.15) is 0 Å². The molecular weight excluding hydrogens is 210 g/mol. The molecule has 2 aromatic rings. The molecule has 0 aliphatic carbocycles. The SMILES string of the molecule is Cc1ccc(C(N)c2ccc(C)nc2C)cn1. The van der Waals surface area contributed by atoms with Crippen LogP contribution < -0.4 is 5.73 Å². The maximum Gasteiger partial charge on any atom is 0.0584 e. The molecule has 88 valence electrons. The minimum Gasteiger partial charge on any atom is -0.320 e. The maximum atomic E-state index is 6.24. The van der Waals surface area contributed by atoms with Crippen molar-refractivity contribution in [1.82, 2.24) is 9.97 Å². The minimum absolute atomic E-state index is 0.156. The van der Waals surface area contributed by atoms with Gasteiger partial charge >= 0.3 is 0 Å². The van der Waals surface area contributed by atoms with Gasteiger partial charge in [0.05, 0.1) is 6.04 Å². The molecule has 0 aliphatic rings. The van der Waals surface area contributed by atoms with Crippen molar-refractivity contribution in [1.29, 1.82) is 0 Å². The van der Waals surface area contributed by atoms with E-state index < -0.39 is 0 Å². The molecule has 2 rings (SSSR count). The third kappa shape index (κ3) is 2.50. The molecule has 2 aromatic heterocycles. The summed E-state index contributed by atoms with van der Waals surface area (Å²) < 4.78 is 0. The minimum atomic E-state index is -0.156. The van der Waals surface area contributed by atoms with Gasteiger partial charge in [0, 0.05) is 23.3 Å². The molecule has 0 bridgehead atoms. The fourth-order valence-corrected chi connectivity index (χ4v) is 1.87. The van der Waals surface area contributed by atoms with E-state index in [4.69, 9.17) is 5.73 Å². The number of hydrogen-bond acceptors (Lipinski definition) is 3. The Bertz CT molecular complexity index is 517. The number of aromatic nitrogens is 2. The molecule has 0 spiro atoms. The van der Waals surface area contributed by atoms with Crippen molar-refractivity contribution in [2.24, 2.45) is 5.73 Å². The molecule has 2 heterocycles. The van der Waals surface area contributed by atoms with Crippen LogP contribution in [0.4, 0.5) is 0 Å². The lowest BCUT2D eigenvalue weighted by molar-refractivity contribution is 0.835. The third-order valence-electron chi connectivity index (χ3n) is 2.89. The topological polar surface area (TPSA) is 51.8 Å². The maximum absolute atomic E-state index is 6.24. The van der Waals surface area contributed by atoms with Gasteiger partial charge in [-0.3, -0.25) is 9.97 Å². The fourth-order valence-electron chi connectivity index (χ4n) is 1.87. The number of rotatable bonds is 2. The van der Waals surface area contributed by atoms with Crippen molar-refractivity contribution < 1.29 is 0 Å². The molecule has 2 N–H and O–H groups in total. The summed E-state index contributed by atoms with van der Waals surface area (Å²) in [7, 11) is 0. The standard InChI is InChI=1S/C14H17N3/c1-9-4-6-12(8-16-9)14(15)13-7-5-10(2)17-11(13)3/h4-8,14H,15H2,1-3H3. The second-order valence-electron chi connectivity index (χ2n) is 4.34. The lowest BCUT2D eigenvalue weighted by Gasteiger charge is -2.14. The monoisotopic (exact) mass is 227 g/mol. The van der Waals surface area contributed by atoms with E-state index in [0.29, 0.717) is 0 Å². The van der Waals surface area contributed by atoms with E-state index in [1.807, 2.05) is 51.2 Å². The molecule has 0 fully saturated rings. The Kier molecular flexibility index (Phi) is 3.20. The summed E-state index contributed by atoms with van der Waals surface area (Å²) in [5.41, 5.74) is 11.3. The van der Waals surface area contributed by atoms with Crippen molar-refractivity contribution in [2.45, 2.75) is 26.8 Å². The van der Waals surface area contributed by atoms with Gasteiger partial charge in [-0.1, -0.05) is 12.1 Å². The Balaban J connectivity index is 2.36. The van der Waals surface area contributed by atoms with Crippen LogP contribution in [0.2, 0.25) is 0 Å². The Morgan fingerprint density at radius 2 is 1.71 bits per heavy atom. The predicted molar refractivity (Wildman–Crippen MR) is 68.7 cm³/mol. The van der Waals surface area contributed by atoms with E-state index in [9.17, 15) is 0 Å². The highest BCUT2D eigenvalue weighted by Crippen LogP contribution is 2.21. The predicted octanol–water partition coefficient (Wildman–Crippen LogP) is 2.45. The summed E-state index contributed by atoms with van der Waals surface area (Å²) in [6.07, 6.45) is 1.83. The highest BCUT2D eigenvalue weighted by molar-refractivity contribution is 5.33. The van der Waals surface area contributed by atoms with E-state index in [2.05, 4.69) is 9.97 Å². The Morgan fingerprint density at radius 3 is 2.29 bits per heavy atom. The second kappa shape index (κ2) is 4.63. The highest BCUT2D eigenvalue weighted by atomic mass is 14.7. The first-order chi connectivity index (χ1) is 8.08. The Hall–Kier alpha value is -1.74. The number of aryl methyl sites for hydroxylation is 3. The van der Waals surface area contributed by atoms with Gasteiger partial charge in [0.25, 0.3) is 0 Å². The molecule has 0 amide bonds. The van der Waals surface area contributed by atoms with Crippen LogP contribution in [0, 0.1) is 20.8 Å². The number of pyridine rings is 2. The normalized spacial score (nSPS) is 12.5. The zero-order valence-corrected chi connectivity index (χ0v) is 10.4. The first-order valence-electron chi connectivity index (χ1n) is 5.70. The van der Waals surface area contributed by atoms with E-state index in [1.165, 1.54) is 0 Å². The van der Waals surface area contributed by atoms with Crippen LogP contribution in [-0.2, 0) is 0 Å². The largest absolute Gasteiger partial charge is 0.320 e. The molecule has 0 saturated heterocycles. The van der Waals surface area contributed by atoms with Crippen LogP contribution in [-0.4, -0.2) is 9.97 Å². The molecule has 0 aromatic carbocycles. The van der Waals surface area contributed by atoms with Crippen LogP contribution in [0.1, 0.15) is 34.3 Å².